The van der Waals surface area contributed by atoms with Crippen molar-refractivity contribution >= 4 is 11.8 Å². The highest BCUT2D eigenvalue weighted by Crippen LogP contribution is 2.38. The first-order chi connectivity index (χ1) is 10.6. The van der Waals surface area contributed by atoms with Gasteiger partial charge >= 0.3 is 0 Å². The van der Waals surface area contributed by atoms with Crippen molar-refractivity contribution in [3.8, 4) is 0 Å². The average Bonchev–Trinajstić information content (AvgIpc) is 2.93. The predicted molar refractivity (Wildman–Crippen MR) is 82.3 cm³/mol. The zero-order valence-corrected chi connectivity index (χ0v) is 13.1. The molecular formula is C17H23N3O2. The second-order valence-electron chi connectivity index (χ2n) is 7.08. The first-order valence-corrected chi connectivity index (χ1v) is 8.33. The number of aryl methyl sites for hydroxylation is 1. The van der Waals surface area contributed by atoms with Gasteiger partial charge in [-0.25, -0.2) is 0 Å². The van der Waals surface area contributed by atoms with Crippen molar-refractivity contribution in [2.45, 2.75) is 31.7 Å². The number of piperidine rings is 3. The third kappa shape index (κ3) is 2.14. The first-order valence-electron chi connectivity index (χ1n) is 8.33. The van der Waals surface area contributed by atoms with Gasteiger partial charge in [0.15, 0.2) is 0 Å². The summed E-state index contributed by atoms with van der Waals surface area (Å²) in [5, 5.41) is 0. The molecule has 4 heterocycles. The molecule has 0 N–H and O–H groups in total. The maximum Gasteiger partial charge on any atom is 0.270 e. The van der Waals surface area contributed by atoms with Crippen LogP contribution in [0.25, 0.3) is 0 Å². The normalized spacial score (nSPS) is 31.1. The Bertz CT molecular complexity index is 609. The smallest absolute Gasteiger partial charge is 0.270 e. The maximum absolute atomic E-state index is 12.8. The van der Waals surface area contributed by atoms with Gasteiger partial charge in [0.25, 0.3) is 5.91 Å². The molecule has 3 fully saturated rings. The summed E-state index contributed by atoms with van der Waals surface area (Å²) in [6.07, 6.45) is 5.91. The van der Waals surface area contributed by atoms with Crippen LogP contribution in [0.5, 0.6) is 0 Å². The fourth-order valence-electron chi connectivity index (χ4n) is 4.62. The topological polar surface area (TPSA) is 45.6 Å². The lowest BCUT2D eigenvalue weighted by Crippen LogP contribution is -2.61. The summed E-state index contributed by atoms with van der Waals surface area (Å²) >= 11 is 0. The number of nitrogens with zero attached hydrogens (tertiary/aromatic N) is 3. The van der Waals surface area contributed by atoms with Crippen molar-refractivity contribution in [2.75, 3.05) is 19.6 Å². The lowest BCUT2D eigenvalue weighted by molar-refractivity contribution is -0.144. The Kier molecular flexibility index (Phi) is 3.24. The third-order valence-electron chi connectivity index (χ3n) is 5.63. The number of hydrogen-bond donors (Lipinski definition) is 0. The van der Waals surface area contributed by atoms with E-state index in [4.69, 9.17) is 0 Å². The lowest BCUT2D eigenvalue weighted by Gasteiger charge is -2.52. The Morgan fingerprint density at radius 1 is 1.27 bits per heavy atom. The number of carbonyl (C=O) groups excluding carboxylic acids is 2. The van der Waals surface area contributed by atoms with E-state index in [-0.39, 0.29) is 5.91 Å². The molecule has 0 saturated carbocycles. The Hall–Kier alpha value is -1.78. The molecule has 5 heteroatoms. The van der Waals surface area contributed by atoms with Crippen LogP contribution in [0.4, 0.5) is 0 Å². The molecule has 4 rings (SSSR count). The first kappa shape index (κ1) is 13.9. The Morgan fingerprint density at radius 3 is 2.91 bits per heavy atom. The molecule has 2 unspecified atom stereocenters. The minimum Gasteiger partial charge on any atom is -0.347 e. The van der Waals surface area contributed by atoms with Crippen molar-refractivity contribution in [3.63, 3.8) is 0 Å². The van der Waals surface area contributed by atoms with Crippen molar-refractivity contribution < 1.29 is 9.59 Å². The van der Waals surface area contributed by atoms with Gasteiger partial charge in [-0.3, -0.25) is 9.59 Å². The molecule has 1 aromatic rings. The van der Waals surface area contributed by atoms with Gasteiger partial charge < -0.3 is 14.4 Å². The minimum atomic E-state index is 0.137. The number of fused-ring (bicyclic) bond motifs is 4. The van der Waals surface area contributed by atoms with Crippen molar-refractivity contribution in [2.24, 2.45) is 18.9 Å². The van der Waals surface area contributed by atoms with Gasteiger partial charge in [-0.05, 0) is 43.2 Å². The number of likely N-dealkylation sites (tertiary alicyclic amines) is 1. The zero-order chi connectivity index (χ0) is 15.3. The number of aromatic nitrogens is 1. The molecule has 1 aromatic heterocycles. The number of carbonyl (C=O) groups is 2. The van der Waals surface area contributed by atoms with Crippen molar-refractivity contribution in [3.05, 3.63) is 24.0 Å². The van der Waals surface area contributed by atoms with E-state index in [2.05, 4.69) is 4.90 Å². The van der Waals surface area contributed by atoms with Crippen LogP contribution in [0.1, 0.15) is 36.2 Å². The van der Waals surface area contributed by atoms with Crippen LogP contribution < -0.4 is 0 Å². The summed E-state index contributed by atoms with van der Waals surface area (Å²) < 4.78 is 1.89. The fourth-order valence-corrected chi connectivity index (χ4v) is 4.62. The van der Waals surface area contributed by atoms with Crippen LogP contribution >= 0.6 is 0 Å². The zero-order valence-electron chi connectivity index (χ0n) is 13.1. The molecule has 3 saturated heterocycles. The summed E-state index contributed by atoms with van der Waals surface area (Å²) in [6.45, 7) is 2.43. The molecule has 2 amide bonds. The summed E-state index contributed by atoms with van der Waals surface area (Å²) in [4.78, 5) is 29.0. The van der Waals surface area contributed by atoms with Crippen LogP contribution in [-0.4, -0.2) is 51.9 Å². The van der Waals surface area contributed by atoms with Gasteiger partial charge in [0.2, 0.25) is 5.91 Å². The van der Waals surface area contributed by atoms with E-state index in [0.29, 0.717) is 30.2 Å². The third-order valence-corrected chi connectivity index (χ3v) is 5.63. The van der Waals surface area contributed by atoms with Crippen LogP contribution in [0.3, 0.4) is 0 Å². The SMILES string of the molecule is Cn1cccc1C(=O)N1CC2CC(C1)[C@H]1CCCC(=O)N1C2. The Balaban J connectivity index is 1.54. The Labute approximate surface area is 130 Å². The minimum absolute atomic E-state index is 0.137. The molecule has 0 aliphatic carbocycles. The molecule has 3 atom stereocenters. The highest BCUT2D eigenvalue weighted by molar-refractivity contribution is 5.92. The molecule has 0 aromatic carbocycles. The Morgan fingerprint density at radius 2 is 2.14 bits per heavy atom. The van der Waals surface area contributed by atoms with Gasteiger partial charge in [-0.15, -0.1) is 0 Å². The molecule has 22 heavy (non-hydrogen) atoms. The largest absolute Gasteiger partial charge is 0.347 e. The van der Waals surface area contributed by atoms with Gasteiger partial charge in [0.1, 0.15) is 5.69 Å². The fraction of sp³-hybridized carbons (Fsp3) is 0.647. The quantitative estimate of drug-likeness (QED) is 0.789. The highest BCUT2D eigenvalue weighted by atomic mass is 16.2. The van der Waals surface area contributed by atoms with Crippen molar-refractivity contribution in [1.82, 2.24) is 14.4 Å². The van der Waals surface area contributed by atoms with E-state index in [1.807, 2.05) is 34.8 Å². The van der Waals surface area contributed by atoms with Gasteiger partial charge in [-0.1, -0.05) is 0 Å². The van der Waals surface area contributed by atoms with Crippen LogP contribution in [0.2, 0.25) is 0 Å². The molecule has 5 nitrogen and oxygen atoms in total. The summed E-state index contributed by atoms with van der Waals surface area (Å²) in [6, 6.07) is 4.17. The van der Waals surface area contributed by atoms with Crippen LogP contribution in [0, 0.1) is 11.8 Å². The molecule has 3 aliphatic rings. The standard InChI is InChI=1S/C17H23N3O2/c1-18-7-3-5-15(18)17(22)19-9-12-8-13(11-19)14-4-2-6-16(21)20(14)10-12/h3,5,7,12-14H,2,4,6,8-11H2,1H3/t12?,13?,14-/m1/s1. The molecule has 0 spiro atoms. The van der Waals surface area contributed by atoms with E-state index in [1.54, 1.807) is 0 Å². The lowest BCUT2D eigenvalue weighted by atomic mass is 9.76. The van der Waals surface area contributed by atoms with Crippen molar-refractivity contribution in [1.29, 1.82) is 0 Å². The van der Waals surface area contributed by atoms with Gasteiger partial charge in [0, 0.05) is 45.3 Å². The molecule has 0 radical (unpaired) electrons. The maximum atomic E-state index is 12.8. The number of hydrogen-bond acceptors (Lipinski definition) is 2. The number of rotatable bonds is 1. The summed E-state index contributed by atoms with van der Waals surface area (Å²) in [7, 11) is 1.92. The van der Waals surface area contributed by atoms with E-state index in [1.165, 1.54) is 6.42 Å². The van der Waals surface area contributed by atoms with E-state index < -0.39 is 0 Å². The average molecular weight is 301 g/mol. The monoisotopic (exact) mass is 301 g/mol. The molecule has 118 valence electrons. The van der Waals surface area contributed by atoms with Crippen LogP contribution in [-0.2, 0) is 11.8 Å². The van der Waals surface area contributed by atoms with E-state index in [0.717, 1.165) is 38.2 Å². The second kappa shape index (κ2) is 5.14. The highest BCUT2D eigenvalue weighted by Gasteiger charge is 2.44. The summed E-state index contributed by atoms with van der Waals surface area (Å²) in [5.74, 6) is 1.37. The molecule has 3 aliphatic heterocycles. The molecular weight excluding hydrogens is 278 g/mol. The van der Waals surface area contributed by atoms with E-state index in [9.17, 15) is 9.59 Å². The van der Waals surface area contributed by atoms with Gasteiger partial charge in [0.05, 0.1) is 0 Å². The molecule has 2 bridgehead atoms. The summed E-state index contributed by atoms with van der Waals surface area (Å²) in [5.41, 5.74) is 0.761. The number of amides is 2. The second-order valence-corrected chi connectivity index (χ2v) is 7.08. The predicted octanol–water partition coefficient (Wildman–Crippen LogP) is 1.50. The van der Waals surface area contributed by atoms with Gasteiger partial charge in [-0.2, -0.15) is 0 Å². The van der Waals surface area contributed by atoms with E-state index >= 15 is 0 Å². The van der Waals surface area contributed by atoms with Crippen LogP contribution in [0.15, 0.2) is 18.3 Å².